The molecule has 2 unspecified atom stereocenters. The molecule has 0 bridgehead atoms. The van der Waals surface area contributed by atoms with Gasteiger partial charge in [0.05, 0.1) is 6.10 Å². The fourth-order valence-corrected chi connectivity index (χ4v) is 3.20. The SMILES string of the molecule is CC(O)C1CCN(CC(CS)C(C)(C)C)CC1. The normalized spacial score (nSPS) is 23.6. The Balaban J connectivity index is 2.39. The maximum Gasteiger partial charge on any atom is 0.0541 e. The molecule has 1 aliphatic rings. The van der Waals surface area contributed by atoms with E-state index in [1.165, 1.54) is 0 Å². The van der Waals surface area contributed by atoms with E-state index in [4.69, 9.17) is 0 Å². The van der Waals surface area contributed by atoms with Gasteiger partial charge in [-0.2, -0.15) is 12.6 Å². The summed E-state index contributed by atoms with van der Waals surface area (Å²) in [5, 5.41) is 9.59. The molecule has 0 radical (unpaired) electrons. The monoisotopic (exact) mass is 259 g/mol. The molecule has 2 nitrogen and oxygen atoms in total. The third kappa shape index (κ3) is 4.80. The van der Waals surface area contributed by atoms with Crippen molar-refractivity contribution in [1.29, 1.82) is 0 Å². The maximum absolute atomic E-state index is 9.59. The highest BCUT2D eigenvalue weighted by Gasteiger charge is 2.28. The minimum absolute atomic E-state index is 0.138. The minimum atomic E-state index is -0.138. The lowest BCUT2D eigenvalue weighted by molar-refractivity contribution is 0.0592. The molecular weight excluding hydrogens is 230 g/mol. The van der Waals surface area contributed by atoms with E-state index >= 15 is 0 Å². The quantitative estimate of drug-likeness (QED) is 0.758. The first kappa shape index (κ1) is 15.3. The smallest absolute Gasteiger partial charge is 0.0541 e. The van der Waals surface area contributed by atoms with E-state index in [9.17, 15) is 5.11 Å². The molecule has 0 aliphatic carbocycles. The van der Waals surface area contributed by atoms with Crippen LogP contribution in [-0.2, 0) is 0 Å². The molecule has 17 heavy (non-hydrogen) atoms. The van der Waals surface area contributed by atoms with Gasteiger partial charge in [-0.25, -0.2) is 0 Å². The Labute approximate surface area is 112 Å². The van der Waals surface area contributed by atoms with Gasteiger partial charge < -0.3 is 10.0 Å². The number of aliphatic hydroxyl groups is 1. The van der Waals surface area contributed by atoms with E-state index in [0.29, 0.717) is 17.3 Å². The first-order valence-electron chi connectivity index (χ1n) is 6.86. The van der Waals surface area contributed by atoms with E-state index < -0.39 is 0 Å². The molecular formula is C14H29NOS. The van der Waals surface area contributed by atoms with E-state index in [1.807, 2.05) is 6.92 Å². The number of hydrogen-bond acceptors (Lipinski definition) is 3. The van der Waals surface area contributed by atoms with Crippen LogP contribution in [0.2, 0.25) is 0 Å². The van der Waals surface area contributed by atoms with Crippen LogP contribution in [0.1, 0.15) is 40.5 Å². The Hall–Kier alpha value is 0.270. The van der Waals surface area contributed by atoms with Gasteiger partial charge in [0.2, 0.25) is 0 Å². The number of piperidine rings is 1. The first-order valence-corrected chi connectivity index (χ1v) is 7.49. The average molecular weight is 259 g/mol. The van der Waals surface area contributed by atoms with Crippen LogP contribution in [-0.4, -0.2) is 41.5 Å². The van der Waals surface area contributed by atoms with Crippen LogP contribution < -0.4 is 0 Å². The van der Waals surface area contributed by atoms with Crippen LogP contribution in [0.25, 0.3) is 0 Å². The van der Waals surface area contributed by atoms with Gasteiger partial charge in [0, 0.05) is 6.54 Å². The number of nitrogens with zero attached hydrogens (tertiary/aromatic N) is 1. The maximum atomic E-state index is 9.59. The lowest BCUT2D eigenvalue weighted by atomic mass is 9.81. The molecule has 0 saturated carbocycles. The largest absolute Gasteiger partial charge is 0.393 e. The predicted octanol–water partition coefficient (Wildman–Crippen LogP) is 2.67. The summed E-state index contributed by atoms with van der Waals surface area (Å²) < 4.78 is 0. The summed E-state index contributed by atoms with van der Waals surface area (Å²) in [5.41, 5.74) is 0.336. The second-order valence-corrected chi connectivity index (χ2v) is 6.99. The van der Waals surface area contributed by atoms with Crippen LogP contribution >= 0.6 is 12.6 Å². The highest BCUT2D eigenvalue weighted by molar-refractivity contribution is 7.80. The molecule has 0 amide bonds. The third-order valence-electron chi connectivity index (χ3n) is 4.24. The van der Waals surface area contributed by atoms with Crippen molar-refractivity contribution in [2.24, 2.45) is 17.3 Å². The summed E-state index contributed by atoms with van der Waals surface area (Å²) in [6.45, 7) is 12.3. The number of likely N-dealkylation sites (tertiary alicyclic amines) is 1. The van der Waals surface area contributed by atoms with Gasteiger partial charge in [-0.3, -0.25) is 0 Å². The second-order valence-electron chi connectivity index (χ2n) is 6.62. The highest BCUT2D eigenvalue weighted by atomic mass is 32.1. The molecule has 0 aromatic heterocycles. The van der Waals surface area contributed by atoms with E-state index in [1.54, 1.807) is 0 Å². The predicted molar refractivity (Wildman–Crippen MR) is 77.6 cm³/mol. The summed E-state index contributed by atoms with van der Waals surface area (Å²) in [4.78, 5) is 2.55. The number of aliphatic hydroxyl groups excluding tert-OH is 1. The molecule has 1 fully saturated rings. The molecule has 1 aliphatic heterocycles. The lowest BCUT2D eigenvalue weighted by Crippen LogP contribution is -2.42. The van der Waals surface area contributed by atoms with Gasteiger partial charge in [-0.1, -0.05) is 20.8 Å². The van der Waals surface area contributed by atoms with Crippen LogP contribution in [0, 0.1) is 17.3 Å². The van der Waals surface area contributed by atoms with Gasteiger partial charge in [-0.15, -0.1) is 0 Å². The zero-order chi connectivity index (χ0) is 13.1. The lowest BCUT2D eigenvalue weighted by Gasteiger charge is -2.38. The number of hydrogen-bond donors (Lipinski definition) is 2. The van der Waals surface area contributed by atoms with E-state index in [2.05, 4.69) is 38.3 Å². The van der Waals surface area contributed by atoms with Gasteiger partial charge in [0.25, 0.3) is 0 Å². The van der Waals surface area contributed by atoms with Crippen LogP contribution in [0.3, 0.4) is 0 Å². The van der Waals surface area contributed by atoms with Crippen molar-refractivity contribution in [2.45, 2.75) is 46.6 Å². The Kier molecular flexibility index (Phi) is 5.81. The zero-order valence-electron chi connectivity index (χ0n) is 11.8. The Morgan fingerprint density at radius 3 is 2.18 bits per heavy atom. The summed E-state index contributed by atoms with van der Waals surface area (Å²) >= 11 is 4.49. The first-order chi connectivity index (χ1) is 7.84. The van der Waals surface area contributed by atoms with E-state index in [-0.39, 0.29) is 6.10 Å². The van der Waals surface area contributed by atoms with Crippen molar-refractivity contribution >= 4 is 12.6 Å². The third-order valence-corrected chi connectivity index (χ3v) is 4.68. The molecule has 3 heteroatoms. The second kappa shape index (κ2) is 6.44. The van der Waals surface area contributed by atoms with Crippen molar-refractivity contribution in [3.05, 3.63) is 0 Å². The fourth-order valence-electron chi connectivity index (χ4n) is 2.54. The molecule has 2 atom stereocenters. The van der Waals surface area contributed by atoms with Crippen molar-refractivity contribution in [2.75, 3.05) is 25.4 Å². The summed E-state index contributed by atoms with van der Waals surface area (Å²) in [6, 6.07) is 0. The Morgan fingerprint density at radius 1 is 1.29 bits per heavy atom. The van der Waals surface area contributed by atoms with Gasteiger partial charge in [0.15, 0.2) is 0 Å². The molecule has 1 rings (SSSR count). The van der Waals surface area contributed by atoms with Crippen molar-refractivity contribution in [3.63, 3.8) is 0 Å². The van der Waals surface area contributed by atoms with Gasteiger partial charge in [0.1, 0.15) is 0 Å². The minimum Gasteiger partial charge on any atom is -0.393 e. The molecule has 0 aromatic carbocycles. The molecule has 1 N–H and O–H groups in total. The standard InChI is InChI=1S/C14H29NOS/c1-11(16)12-5-7-15(8-6-12)9-13(10-17)14(2,3)4/h11-13,16-17H,5-10H2,1-4H3. The van der Waals surface area contributed by atoms with E-state index in [0.717, 1.165) is 38.2 Å². The molecule has 0 spiro atoms. The number of thiol groups is 1. The summed E-state index contributed by atoms with van der Waals surface area (Å²) in [6.07, 6.45) is 2.14. The Bertz CT molecular complexity index is 217. The van der Waals surface area contributed by atoms with Crippen molar-refractivity contribution < 1.29 is 5.11 Å². The topological polar surface area (TPSA) is 23.5 Å². The van der Waals surface area contributed by atoms with Crippen molar-refractivity contribution in [3.8, 4) is 0 Å². The van der Waals surface area contributed by atoms with Crippen molar-refractivity contribution in [1.82, 2.24) is 4.90 Å². The summed E-state index contributed by atoms with van der Waals surface area (Å²) in [7, 11) is 0. The highest BCUT2D eigenvalue weighted by Crippen LogP contribution is 2.29. The summed E-state index contributed by atoms with van der Waals surface area (Å²) in [5.74, 6) is 2.11. The molecule has 102 valence electrons. The van der Waals surface area contributed by atoms with Crippen LogP contribution in [0.5, 0.6) is 0 Å². The van der Waals surface area contributed by atoms with Crippen LogP contribution in [0.15, 0.2) is 0 Å². The Morgan fingerprint density at radius 2 is 1.82 bits per heavy atom. The molecule has 1 heterocycles. The average Bonchev–Trinajstić information content (AvgIpc) is 2.24. The fraction of sp³-hybridized carbons (Fsp3) is 1.00. The number of rotatable bonds is 4. The molecule has 1 saturated heterocycles. The molecule has 0 aromatic rings. The van der Waals surface area contributed by atoms with Gasteiger partial charge in [-0.05, 0) is 55.9 Å². The van der Waals surface area contributed by atoms with Crippen LogP contribution in [0.4, 0.5) is 0 Å². The zero-order valence-corrected chi connectivity index (χ0v) is 12.7. The van der Waals surface area contributed by atoms with Gasteiger partial charge >= 0.3 is 0 Å².